The number of anilines is 1. The molecule has 4 nitrogen and oxygen atoms in total. The molecule has 0 radical (unpaired) electrons. The Balaban J connectivity index is 1.76. The molecule has 5 heteroatoms. The zero-order valence-corrected chi connectivity index (χ0v) is 11.6. The SMILES string of the molecule is O=C(N/C=C/C1CCCC1)Nc1ccc(Br)cn1. The lowest BCUT2D eigenvalue weighted by atomic mass is 10.1. The summed E-state index contributed by atoms with van der Waals surface area (Å²) in [6, 6.07) is 3.31. The van der Waals surface area contributed by atoms with Crippen LogP contribution in [0, 0.1) is 5.92 Å². The summed E-state index contributed by atoms with van der Waals surface area (Å²) in [5, 5.41) is 5.35. The molecule has 0 aliphatic heterocycles. The molecule has 1 aliphatic carbocycles. The molecule has 1 fully saturated rings. The molecule has 2 amide bonds. The Morgan fingerprint density at radius 3 is 2.83 bits per heavy atom. The lowest BCUT2D eigenvalue weighted by molar-refractivity contribution is 0.255. The minimum atomic E-state index is -0.265. The van der Waals surface area contributed by atoms with Gasteiger partial charge in [0.05, 0.1) is 0 Å². The minimum absolute atomic E-state index is 0.265. The standard InChI is InChI=1S/C13H16BrN3O/c14-11-5-6-12(16-9-11)17-13(18)15-8-7-10-3-1-2-4-10/h5-10H,1-4H2,(H2,15,16,17,18)/b8-7+. The van der Waals surface area contributed by atoms with E-state index >= 15 is 0 Å². The van der Waals surface area contributed by atoms with E-state index in [0.717, 1.165) is 4.47 Å². The van der Waals surface area contributed by atoms with Gasteiger partial charge in [0.25, 0.3) is 0 Å². The molecule has 1 heterocycles. The van der Waals surface area contributed by atoms with E-state index in [2.05, 4.69) is 37.6 Å². The largest absolute Gasteiger partial charge is 0.324 e. The van der Waals surface area contributed by atoms with Crippen molar-refractivity contribution in [2.75, 3.05) is 5.32 Å². The number of hydrogen-bond acceptors (Lipinski definition) is 2. The van der Waals surface area contributed by atoms with Crippen molar-refractivity contribution in [1.29, 1.82) is 0 Å². The fourth-order valence-corrected chi connectivity index (χ4v) is 2.25. The summed E-state index contributed by atoms with van der Waals surface area (Å²) < 4.78 is 0.884. The van der Waals surface area contributed by atoms with E-state index in [4.69, 9.17) is 0 Å². The van der Waals surface area contributed by atoms with E-state index in [1.165, 1.54) is 25.7 Å². The average molecular weight is 310 g/mol. The molecule has 1 aromatic rings. The van der Waals surface area contributed by atoms with Crippen molar-refractivity contribution in [1.82, 2.24) is 10.3 Å². The number of carbonyl (C=O) groups excluding carboxylic acids is 1. The van der Waals surface area contributed by atoms with E-state index in [9.17, 15) is 4.79 Å². The number of aromatic nitrogens is 1. The summed E-state index contributed by atoms with van der Waals surface area (Å²) in [5.74, 6) is 1.15. The highest BCUT2D eigenvalue weighted by molar-refractivity contribution is 9.10. The first-order chi connectivity index (χ1) is 8.74. The molecular formula is C13H16BrN3O. The Labute approximate surface area is 115 Å². The zero-order valence-electron chi connectivity index (χ0n) is 10.0. The van der Waals surface area contributed by atoms with Gasteiger partial charge in [-0.3, -0.25) is 5.32 Å². The van der Waals surface area contributed by atoms with Crippen molar-refractivity contribution >= 4 is 27.8 Å². The number of hydrogen-bond donors (Lipinski definition) is 2. The van der Waals surface area contributed by atoms with Crippen LogP contribution in [0.1, 0.15) is 25.7 Å². The summed E-state index contributed by atoms with van der Waals surface area (Å²) in [6.07, 6.45) is 10.5. The van der Waals surface area contributed by atoms with Gasteiger partial charge < -0.3 is 5.32 Å². The average Bonchev–Trinajstić information content (AvgIpc) is 2.85. The van der Waals surface area contributed by atoms with Crippen molar-refractivity contribution in [3.8, 4) is 0 Å². The highest BCUT2D eigenvalue weighted by atomic mass is 79.9. The molecule has 0 saturated heterocycles. The molecule has 0 aromatic carbocycles. The van der Waals surface area contributed by atoms with E-state index in [0.29, 0.717) is 11.7 Å². The number of nitrogens with one attached hydrogen (secondary N) is 2. The molecule has 1 aliphatic rings. The number of amides is 2. The second kappa shape index (κ2) is 6.54. The smallest absolute Gasteiger partial charge is 0.315 e. The first-order valence-electron chi connectivity index (χ1n) is 6.10. The second-order valence-corrected chi connectivity index (χ2v) is 5.28. The molecule has 2 rings (SSSR count). The fraction of sp³-hybridized carbons (Fsp3) is 0.385. The van der Waals surface area contributed by atoms with Gasteiger partial charge in [0.1, 0.15) is 5.82 Å². The number of pyridine rings is 1. The van der Waals surface area contributed by atoms with Gasteiger partial charge in [0.15, 0.2) is 0 Å². The highest BCUT2D eigenvalue weighted by Gasteiger charge is 2.11. The molecule has 1 aromatic heterocycles. The van der Waals surface area contributed by atoms with Crippen LogP contribution in [0.15, 0.2) is 35.1 Å². The van der Waals surface area contributed by atoms with Crippen molar-refractivity contribution in [2.45, 2.75) is 25.7 Å². The molecule has 0 bridgehead atoms. The van der Waals surface area contributed by atoms with Crippen LogP contribution in [0.5, 0.6) is 0 Å². The number of nitrogens with zero attached hydrogens (tertiary/aromatic N) is 1. The minimum Gasteiger partial charge on any atom is -0.315 e. The Hall–Kier alpha value is -1.36. The van der Waals surface area contributed by atoms with Crippen LogP contribution in [0.3, 0.4) is 0 Å². The molecule has 1 saturated carbocycles. The van der Waals surface area contributed by atoms with Crippen LogP contribution in [0.25, 0.3) is 0 Å². The van der Waals surface area contributed by atoms with Crippen LogP contribution >= 0.6 is 15.9 Å². The predicted octanol–water partition coefficient (Wildman–Crippen LogP) is 3.67. The Kier molecular flexibility index (Phi) is 4.75. The summed E-state index contributed by atoms with van der Waals surface area (Å²) >= 11 is 3.29. The summed E-state index contributed by atoms with van der Waals surface area (Å²) in [7, 11) is 0. The second-order valence-electron chi connectivity index (χ2n) is 4.36. The number of allylic oxidation sites excluding steroid dienone is 1. The van der Waals surface area contributed by atoms with Gasteiger partial charge >= 0.3 is 6.03 Å². The number of carbonyl (C=O) groups is 1. The topological polar surface area (TPSA) is 54.0 Å². The van der Waals surface area contributed by atoms with Crippen molar-refractivity contribution < 1.29 is 4.79 Å². The van der Waals surface area contributed by atoms with Gasteiger partial charge in [0, 0.05) is 16.9 Å². The van der Waals surface area contributed by atoms with E-state index in [1.54, 1.807) is 18.5 Å². The summed E-state index contributed by atoms with van der Waals surface area (Å²) in [6.45, 7) is 0. The highest BCUT2D eigenvalue weighted by Crippen LogP contribution is 2.25. The molecular weight excluding hydrogens is 294 g/mol. The zero-order chi connectivity index (χ0) is 12.8. The van der Waals surface area contributed by atoms with Gasteiger partial charge in [-0.25, -0.2) is 9.78 Å². The van der Waals surface area contributed by atoms with Gasteiger partial charge in [-0.05, 0) is 46.8 Å². The molecule has 2 N–H and O–H groups in total. The Bertz CT molecular complexity index is 424. The number of rotatable bonds is 3. The first kappa shape index (κ1) is 13.1. The Morgan fingerprint density at radius 1 is 1.39 bits per heavy atom. The molecule has 96 valence electrons. The Morgan fingerprint density at radius 2 is 2.17 bits per heavy atom. The van der Waals surface area contributed by atoms with E-state index in [-0.39, 0.29) is 6.03 Å². The van der Waals surface area contributed by atoms with E-state index < -0.39 is 0 Å². The third-order valence-electron chi connectivity index (χ3n) is 2.95. The van der Waals surface area contributed by atoms with Crippen LogP contribution in [-0.4, -0.2) is 11.0 Å². The van der Waals surface area contributed by atoms with Gasteiger partial charge in [0.2, 0.25) is 0 Å². The first-order valence-corrected chi connectivity index (χ1v) is 6.89. The van der Waals surface area contributed by atoms with Crippen molar-refractivity contribution in [2.24, 2.45) is 5.92 Å². The quantitative estimate of drug-likeness (QED) is 0.895. The van der Waals surface area contributed by atoms with Crippen LogP contribution in [0.4, 0.5) is 10.6 Å². The van der Waals surface area contributed by atoms with Crippen LogP contribution in [0.2, 0.25) is 0 Å². The summed E-state index contributed by atoms with van der Waals surface area (Å²) in [5.41, 5.74) is 0. The maximum atomic E-state index is 11.5. The summed E-state index contributed by atoms with van der Waals surface area (Å²) in [4.78, 5) is 15.6. The molecule has 0 atom stereocenters. The maximum absolute atomic E-state index is 11.5. The van der Waals surface area contributed by atoms with Gasteiger partial charge in [-0.15, -0.1) is 0 Å². The molecule has 0 unspecified atom stereocenters. The van der Waals surface area contributed by atoms with Gasteiger partial charge in [-0.1, -0.05) is 18.9 Å². The monoisotopic (exact) mass is 309 g/mol. The molecule has 18 heavy (non-hydrogen) atoms. The van der Waals surface area contributed by atoms with Crippen LogP contribution in [-0.2, 0) is 0 Å². The number of urea groups is 1. The lowest BCUT2D eigenvalue weighted by Crippen LogP contribution is -2.24. The normalized spacial score (nSPS) is 16.1. The van der Waals surface area contributed by atoms with Crippen molar-refractivity contribution in [3.63, 3.8) is 0 Å². The molecule has 0 spiro atoms. The number of halogens is 1. The fourth-order valence-electron chi connectivity index (χ4n) is 2.01. The third-order valence-corrected chi connectivity index (χ3v) is 3.42. The van der Waals surface area contributed by atoms with Crippen LogP contribution < -0.4 is 10.6 Å². The lowest BCUT2D eigenvalue weighted by Gasteiger charge is -2.04. The van der Waals surface area contributed by atoms with E-state index in [1.807, 2.05) is 6.07 Å². The van der Waals surface area contributed by atoms with Crippen molar-refractivity contribution in [3.05, 3.63) is 35.1 Å². The third kappa shape index (κ3) is 4.14. The van der Waals surface area contributed by atoms with Gasteiger partial charge in [-0.2, -0.15) is 0 Å². The maximum Gasteiger partial charge on any atom is 0.324 e. The predicted molar refractivity (Wildman–Crippen MR) is 75.2 cm³/mol.